The van der Waals surface area contributed by atoms with Gasteiger partial charge in [-0.3, -0.25) is 4.79 Å². The lowest BCUT2D eigenvalue weighted by Gasteiger charge is -2.11. The van der Waals surface area contributed by atoms with Crippen molar-refractivity contribution >= 4 is 40.6 Å². The number of benzene rings is 1. The summed E-state index contributed by atoms with van der Waals surface area (Å²) in [4.78, 5) is 12.5. The van der Waals surface area contributed by atoms with Gasteiger partial charge in [0.25, 0.3) is 0 Å². The van der Waals surface area contributed by atoms with Gasteiger partial charge < -0.3 is 9.47 Å². The van der Waals surface area contributed by atoms with Gasteiger partial charge in [-0.1, -0.05) is 34.9 Å². The van der Waals surface area contributed by atoms with Gasteiger partial charge in [0.2, 0.25) is 0 Å². The minimum atomic E-state index is -0.249. The molecule has 0 bridgehead atoms. The average Bonchev–Trinajstić information content (AvgIpc) is 3.00. The molecule has 0 fully saturated rings. The Hall–Kier alpha value is -1.25. The highest BCUT2D eigenvalue weighted by Crippen LogP contribution is 2.33. The minimum Gasteiger partial charge on any atom is -0.493 e. The molecule has 1 atom stereocenters. The largest absolute Gasteiger partial charge is 0.493 e. The summed E-state index contributed by atoms with van der Waals surface area (Å²) in [5, 5.41) is 7.86. The molecule has 0 saturated carbocycles. The number of carbonyl (C=O) groups is 1. The molecule has 8 heteroatoms. The van der Waals surface area contributed by atoms with Crippen molar-refractivity contribution in [2.45, 2.75) is 20.9 Å². The van der Waals surface area contributed by atoms with Crippen LogP contribution in [-0.4, -0.2) is 41.7 Å². The van der Waals surface area contributed by atoms with E-state index in [0.717, 1.165) is 8.68 Å². The van der Waals surface area contributed by atoms with Gasteiger partial charge in [-0.15, -0.1) is 10.2 Å². The first-order chi connectivity index (χ1) is 10.6. The highest BCUT2D eigenvalue weighted by Gasteiger charge is 2.20. The number of hydrogen-bond acceptors (Lipinski definition) is 8. The predicted octanol–water partition coefficient (Wildman–Crippen LogP) is 3.64. The number of nitrogens with zero attached hydrogens (tertiary/aromatic N) is 2. The number of carbonyl (C=O) groups excluding carboxylic acids is 1. The Balaban J connectivity index is 2.12. The molecule has 0 amide bonds. The zero-order valence-electron chi connectivity index (χ0n) is 12.7. The second kappa shape index (κ2) is 7.85. The van der Waals surface area contributed by atoms with Crippen LogP contribution in [0.15, 0.2) is 26.9 Å². The number of rotatable bonds is 7. The number of ketones is 1. The number of thioether (sulfide) groups is 2. The van der Waals surface area contributed by atoms with Crippen LogP contribution in [0.3, 0.4) is 0 Å². The molecule has 0 saturated heterocycles. The van der Waals surface area contributed by atoms with Crippen molar-refractivity contribution in [1.29, 1.82) is 0 Å². The lowest BCUT2D eigenvalue weighted by Crippen LogP contribution is -2.13. The summed E-state index contributed by atoms with van der Waals surface area (Å²) >= 11 is 4.46. The molecule has 0 aliphatic rings. The molecular weight excluding hydrogens is 340 g/mol. The molecule has 0 N–H and O–H groups in total. The van der Waals surface area contributed by atoms with Crippen LogP contribution in [0.1, 0.15) is 17.3 Å². The van der Waals surface area contributed by atoms with Crippen LogP contribution in [0.2, 0.25) is 0 Å². The molecule has 0 aliphatic carbocycles. The fraction of sp³-hybridized carbons (Fsp3) is 0.357. The molecule has 1 aromatic heterocycles. The Kier molecular flexibility index (Phi) is 6.10. The second-order valence-electron chi connectivity index (χ2n) is 4.23. The van der Waals surface area contributed by atoms with Gasteiger partial charge in [0.15, 0.2) is 26.0 Å². The van der Waals surface area contributed by atoms with Gasteiger partial charge in [-0.2, -0.15) is 0 Å². The summed E-state index contributed by atoms with van der Waals surface area (Å²) in [6, 6.07) is 5.18. The summed E-state index contributed by atoms with van der Waals surface area (Å²) in [5.74, 6) is 1.17. The molecule has 0 radical (unpaired) electrons. The normalized spacial score (nSPS) is 12.0. The van der Waals surface area contributed by atoms with Crippen LogP contribution in [-0.2, 0) is 0 Å². The van der Waals surface area contributed by atoms with E-state index in [0.29, 0.717) is 17.1 Å². The number of hydrogen-bond donors (Lipinski definition) is 0. The molecule has 1 heterocycles. The maximum absolute atomic E-state index is 12.5. The van der Waals surface area contributed by atoms with Gasteiger partial charge >= 0.3 is 0 Å². The summed E-state index contributed by atoms with van der Waals surface area (Å²) in [6.45, 7) is 1.86. The third-order valence-corrected chi connectivity index (χ3v) is 5.96. The third kappa shape index (κ3) is 3.93. The number of ether oxygens (including phenoxy) is 2. The van der Waals surface area contributed by atoms with Crippen molar-refractivity contribution in [2.75, 3.05) is 20.5 Å². The molecule has 22 heavy (non-hydrogen) atoms. The zero-order chi connectivity index (χ0) is 16.1. The summed E-state index contributed by atoms with van der Waals surface area (Å²) in [5.41, 5.74) is 0.590. The molecule has 2 aromatic rings. The molecule has 5 nitrogen and oxygen atoms in total. The Morgan fingerprint density at radius 3 is 2.45 bits per heavy atom. The predicted molar refractivity (Wildman–Crippen MR) is 90.9 cm³/mol. The topological polar surface area (TPSA) is 61.3 Å². The van der Waals surface area contributed by atoms with Crippen molar-refractivity contribution in [3.8, 4) is 11.5 Å². The second-order valence-corrected chi connectivity index (χ2v) is 7.85. The molecule has 2 rings (SSSR count). The molecule has 118 valence electrons. The lowest BCUT2D eigenvalue weighted by atomic mass is 10.1. The van der Waals surface area contributed by atoms with Gasteiger partial charge in [0, 0.05) is 5.56 Å². The summed E-state index contributed by atoms with van der Waals surface area (Å²) in [6.07, 6.45) is 1.95. The fourth-order valence-corrected chi connectivity index (χ4v) is 4.42. The summed E-state index contributed by atoms with van der Waals surface area (Å²) < 4.78 is 12.1. The Bertz CT molecular complexity index is 661. The molecule has 0 unspecified atom stereocenters. The van der Waals surface area contributed by atoms with Gasteiger partial charge in [0.05, 0.1) is 19.5 Å². The zero-order valence-corrected chi connectivity index (χ0v) is 15.1. The minimum absolute atomic E-state index is 0.0202. The van der Waals surface area contributed by atoms with Gasteiger partial charge in [-0.25, -0.2) is 0 Å². The van der Waals surface area contributed by atoms with Crippen LogP contribution < -0.4 is 9.47 Å². The highest BCUT2D eigenvalue weighted by atomic mass is 32.2. The Labute approximate surface area is 141 Å². The van der Waals surface area contributed by atoms with Crippen LogP contribution in [0, 0.1) is 0 Å². The van der Waals surface area contributed by atoms with E-state index in [2.05, 4.69) is 10.2 Å². The van der Waals surface area contributed by atoms with Gasteiger partial charge in [-0.05, 0) is 31.4 Å². The maximum atomic E-state index is 12.5. The van der Waals surface area contributed by atoms with Crippen LogP contribution >= 0.6 is 34.9 Å². The monoisotopic (exact) mass is 356 g/mol. The van der Waals surface area contributed by atoms with Crippen LogP contribution in [0.4, 0.5) is 0 Å². The van der Waals surface area contributed by atoms with Crippen molar-refractivity contribution in [1.82, 2.24) is 10.2 Å². The first-order valence-corrected chi connectivity index (χ1v) is 9.31. The van der Waals surface area contributed by atoms with Crippen molar-refractivity contribution in [2.24, 2.45) is 0 Å². The number of aromatic nitrogens is 2. The van der Waals surface area contributed by atoms with Crippen molar-refractivity contribution in [3.05, 3.63) is 23.8 Å². The number of methoxy groups -OCH3 is 2. The maximum Gasteiger partial charge on any atom is 0.176 e. The Morgan fingerprint density at radius 2 is 1.86 bits per heavy atom. The van der Waals surface area contributed by atoms with Crippen LogP contribution in [0.5, 0.6) is 11.5 Å². The first kappa shape index (κ1) is 17.1. The molecule has 1 aromatic carbocycles. The van der Waals surface area contributed by atoms with E-state index in [1.54, 1.807) is 44.2 Å². The molecule has 0 spiro atoms. The van der Waals surface area contributed by atoms with Crippen molar-refractivity contribution < 1.29 is 14.3 Å². The first-order valence-electron chi connectivity index (χ1n) is 6.39. The standard InChI is InChI=1S/C14H16N2O3S3/c1-8(21-14-16-15-13(20-4)22-14)12(17)9-5-6-10(18-2)11(7-9)19-3/h5-8H,1-4H3/t8-/m1/s1. The van der Waals surface area contributed by atoms with Gasteiger partial charge in [0.1, 0.15) is 0 Å². The Morgan fingerprint density at radius 1 is 1.18 bits per heavy atom. The van der Waals surface area contributed by atoms with E-state index < -0.39 is 0 Å². The van der Waals surface area contributed by atoms with Crippen molar-refractivity contribution in [3.63, 3.8) is 0 Å². The van der Waals surface area contributed by atoms with E-state index >= 15 is 0 Å². The average molecular weight is 356 g/mol. The highest BCUT2D eigenvalue weighted by molar-refractivity contribution is 8.03. The third-order valence-electron chi connectivity index (χ3n) is 2.88. The van der Waals surface area contributed by atoms with E-state index in [1.165, 1.54) is 23.1 Å². The summed E-state index contributed by atoms with van der Waals surface area (Å²) in [7, 11) is 3.12. The SMILES string of the molecule is COc1ccc(C(=O)[C@@H](C)Sc2nnc(SC)s2)cc1OC. The van der Waals surface area contributed by atoms with E-state index in [9.17, 15) is 4.79 Å². The lowest BCUT2D eigenvalue weighted by molar-refractivity contribution is 0.0993. The van der Waals surface area contributed by atoms with E-state index in [4.69, 9.17) is 9.47 Å². The van der Waals surface area contributed by atoms with Crippen LogP contribution in [0.25, 0.3) is 0 Å². The quantitative estimate of drug-likeness (QED) is 0.554. The van der Waals surface area contributed by atoms with E-state index in [-0.39, 0.29) is 11.0 Å². The molecular formula is C14H16N2O3S3. The smallest absolute Gasteiger partial charge is 0.176 e. The van der Waals surface area contributed by atoms with E-state index in [1.807, 2.05) is 13.2 Å². The molecule has 0 aliphatic heterocycles. The fourth-order valence-electron chi connectivity index (χ4n) is 1.76. The number of Topliss-reactive ketones (excluding diaryl/α,β-unsaturated/α-hetero) is 1.